The Hall–Kier alpha value is -1.42. The van der Waals surface area contributed by atoms with Gasteiger partial charge in [0, 0.05) is 13.6 Å². The normalized spacial score (nSPS) is 12.2. The Labute approximate surface area is 94.8 Å². The number of nitrogens with two attached hydrogens (primary N) is 1. The smallest absolute Gasteiger partial charge is 0.224 e. The molecule has 0 aliphatic rings. The molecule has 1 rings (SSSR count). The molecule has 0 heterocycles. The number of amides is 1. The lowest BCUT2D eigenvalue weighted by Gasteiger charge is -2.13. The summed E-state index contributed by atoms with van der Waals surface area (Å²) in [7, 11) is 1.57. The Morgan fingerprint density at radius 1 is 1.56 bits per heavy atom. The number of halogens is 1. The van der Waals surface area contributed by atoms with Crippen LogP contribution >= 0.6 is 0 Å². The van der Waals surface area contributed by atoms with Crippen molar-refractivity contribution in [3.05, 3.63) is 35.1 Å². The maximum Gasteiger partial charge on any atom is 0.224 e. The standard InChI is InChI=1S/C12H17FN2O/c1-8-3-4-9(6-11(8)13)5-10(7-14)12(16)15-2/h3-4,6,10H,5,7,14H2,1-2H3,(H,15,16). The molecule has 0 saturated heterocycles. The molecule has 1 amide bonds. The van der Waals surface area contributed by atoms with Gasteiger partial charge in [0.05, 0.1) is 5.92 Å². The molecule has 0 aromatic heterocycles. The van der Waals surface area contributed by atoms with E-state index in [0.29, 0.717) is 12.0 Å². The summed E-state index contributed by atoms with van der Waals surface area (Å²) in [6.07, 6.45) is 0.466. The fraction of sp³-hybridized carbons (Fsp3) is 0.417. The third-order valence-corrected chi connectivity index (χ3v) is 2.62. The minimum absolute atomic E-state index is 0.108. The van der Waals surface area contributed by atoms with Crippen LogP contribution in [-0.4, -0.2) is 19.5 Å². The van der Waals surface area contributed by atoms with Crippen molar-refractivity contribution in [3.63, 3.8) is 0 Å². The predicted octanol–water partition coefficient (Wildman–Crippen LogP) is 0.998. The fourth-order valence-electron chi connectivity index (χ4n) is 1.54. The summed E-state index contributed by atoms with van der Waals surface area (Å²) in [5, 5.41) is 2.55. The van der Waals surface area contributed by atoms with Crippen molar-refractivity contribution in [2.45, 2.75) is 13.3 Å². The molecule has 0 aliphatic heterocycles. The van der Waals surface area contributed by atoms with Gasteiger partial charge in [0.1, 0.15) is 5.82 Å². The van der Waals surface area contributed by atoms with E-state index in [1.165, 1.54) is 6.07 Å². The zero-order chi connectivity index (χ0) is 12.1. The quantitative estimate of drug-likeness (QED) is 0.801. The third kappa shape index (κ3) is 3.03. The van der Waals surface area contributed by atoms with Gasteiger partial charge in [-0.1, -0.05) is 12.1 Å². The van der Waals surface area contributed by atoms with Crippen LogP contribution in [0.25, 0.3) is 0 Å². The van der Waals surface area contributed by atoms with Crippen LogP contribution in [0.2, 0.25) is 0 Å². The molecule has 0 spiro atoms. The van der Waals surface area contributed by atoms with Crippen molar-refractivity contribution < 1.29 is 9.18 Å². The van der Waals surface area contributed by atoms with Crippen molar-refractivity contribution in [1.29, 1.82) is 0 Å². The van der Waals surface area contributed by atoms with Crippen LogP contribution in [0.3, 0.4) is 0 Å². The Bertz CT molecular complexity index is 379. The van der Waals surface area contributed by atoms with E-state index < -0.39 is 0 Å². The zero-order valence-electron chi connectivity index (χ0n) is 9.59. The molecule has 0 fully saturated rings. The molecule has 0 bridgehead atoms. The SMILES string of the molecule is CNC(=O)C(CN)Cc1ccc(C)c(F)c1. The summed E-state index contributed by atoms with van der Waals surface area (Å²) in [5.41, 5.74) is 6.91. The van der Waals surface area contributed by atoms with Gasteiger partial charge in [-0.05, 0) is 30.5 Å². The number of nitrogens with one attached hydrogen (secondary N) is 1. The van der Waals surface area contributed by atoms with Gasteiger partial charge in [0.25, 0.3) is 0 Å². The first-order chi connectivity index (χ1) is 7.58. The highest BCUT2D eigenvalue weighted by atomic mass is 19.1. The van der Waals surface area contributed by atoms with Gasteiger partial charge < -0.3 is 11.1 Å². The summed E-state index contributed by atoms with van der Waals surface area (Å²) in [5.74, 6) is -0.652. The second-order valence-electron chi connectivity index (χ2n) is 3.83. The maximum atomic E-state index is 13.3. The monoisotopic (exact) mass is 224 g/mol. The molecule has 0 aliphatic carbocycles. The number of aryl methyl sites for hydroxylation is 1. The van der Waals surface area contributed by atoms with E-state index in [1.54, 1.807) is 20.0 Å². The highest BCUT2D eigenvalue weighted by Crippen LogP contribution is 2.13. The molecule has 3 nitrogen and oxygen atoms in total. The average molecular weight is 224 g/mol. The third-order valence-electron chi connectivity index (χ3n) is 2.62. The number of rotatable bonds is 4. The van der Waals surface area contributed by atoms with E-state index in [1.807, 2.05) is 6.07 Å². The molecule has 1 aromatic carbocycles. The first-order valence-corrected chi connectivity index (χ1v) is 5.25. The molecule has 4 heteroatoms. The lowest BCUT2D eigenvalue weighted by Crippen LogP contribution is -2.34. The molecule has 88 valence electrons. The van der Waals surface area contributed by atoms with Crippen LogP contribution in [0, 0.1) is 18.7 Å². The van der Waals surface area contributed by atoms with E-state index >= 15 is 0 Å². The van der Waals surface area contributed by atoms with E-state index in [0.717, 1.165) is 5.56 Å². The van der Waals surface area contributed by atoms with Crippen LogP contribution < -0.4 is 11.1 Å². The van der Waals surface area contributed by atoms with Crippen molar-refractivity contribution >= 4 is 5.91 Å². The minimum atomic E-state index is -0.299. The Kier molecular flexibility index (Phi) is 4.43. The number of carbonyl (C=O) groups is 1. The van der Waals surface area contributed by atoms with Crippen LogP contribution in [0.15, 0.2) is 18.2 Å². The number of hydrogen-bond donors (Lipinski definition) is 2. The number of benzene rings is 1. The molecule has 0 saturated carbocycles. The van der Waals surface area contributed by atoms with E-state index in [4.69, 9.17) is 5.73 Å². The highest BCUT2D eigenvalue weighted by molar-refractivity contribution is 5.78. The molecule has 1 atom stereocenters. The van der Waals surface area contributed by atoms with Crippen LogP contribution in [0.5, 0.6) is 0 Å². The number of carbonyl (C=O) groups excluding carboxylic acids is 1. The summed E-state index contributed by atoms with van der Waals surface area (Å²) in [4.78, 5) is 11.4. The Morgan fingerprint density at radius 2 is 2.25 bits per heavy atom. The minimum Gasteiger partial charge on any atom is -0.359 e. The van der Waals surface area contributed by atoms with Crippen molar-refractivity contribution in [3.8, 4) is 0 Å². The maximum absolute atomic E-state index is 13.3. The average Bonchev–Trinajstić information content (AvgIpc) is 2.29. The predicted molar refractivity (Wildman–Crippen MR) is 61.5 cm³/mol. The Balaban J connectivity index is 2.78. The van der Waals surface area contributed by atoms with Crippen LogP contribution in [0.4, 0.5) is 4.39 Å². The molecule has 3 N–H and O–H groups in total. The molecular weight excluding hydrogens is 207 g/mol. The molecule has 0 radical (unpaired) electrons. The van der Waals surface area contributed by atoms with Gasteiger partial charge in [-0.2, -0.15) is 0 Å². The van der Waals surface area contributed by atoms with Crippen molar-refractivity contribution in [2.24, 2.45) is 11.7 Å². The second kappa shape index (κ2) is 5.61. The van der Waals surface area contributed by atoms with Gasteiger partial charge in [0.15, 0.2) is 0 Å². The Morgan fingerprint density at radius 3 is 2.75 bits per heavy atom. The van der Waals surface area contributed by atoms with Gasteiger partial charge in [-0.3, -0.25) is 4.79 Å². The van der Waals surface area contributed by atoms with Crippen LogP contribution in [0.1, 0.15) is 11.1 Å². The molecule has 16 heavy (non-hydrogen) atoms. The molecular formula is C12H17FN2O. The first kappa shape index (κ1) is 12.6. The lowest BCUT2D eigenvalue weighted by atomic mass is 9.98. The fourth-order valence-corrected chi connectivity index (χ4v) is 1.54. The van der Waals surface area contributed by atoms with Crippen molar-refractivity contribution in [2.75, 3.05) is 13.6 Å². The molecule has 1 aromatic rings. The first-order valence-electron chi connectivity index (χ1n) is 5.25. The topological polar surface area (TPSA) is 55.1 Å². The summed E-state index contributed by atoms with van der Waals surface area (Å²) < 4.78 is 13.3. The summed E-state index contributed by atoms with van der Waals surface area (Å²) in [6.45, 7) is 1.97. The van der Waals surface area contributed by atoms with Gasteiger partial charge in [-0.25, -0.2) is 4.39 Å². The van der Waals surface area contributed by atoms with Gasteiger partial charge in [0.2, 0.25) is 5.91 Å². The number of hydrogen-bond acceptors (Lipinski definition) is 2. The summed E-state index contributed by atoms with van der Waals surface area (Å²) >= 11 is 0. The van der Waals surface area contributed by atoms with Gasteiger partial charge >= 0.3 is 0 Å². The lowest BCUT2D eigenvalue weighted by molar-refractivity contribution is -0.124. The largest absolute Gasteiger partial charge is 0.359 e. The highest BCUT2D eigenvalue weighted by Gasteiger charge is 2.16. The van der Waals surface area contributed by atoms with E-state index in [-0.39, 0.29) is 24.2 Å². The molecule has 1 unspecified atom stereocenters. The van der Waals surface area contributed by atoms with E-state index in [2.05, 4.69) is 5.32 Å². The zero-order valence-corrected chi connectivity index (χ0v) is 9.59. The van der Waals surface area contributed by atoms with Crippen molar-refractivity contribution in [1.82, 2.24) is 5.32 Å². The van der Waals surface area contributed by atoms with Crippen LogP contribution in [-0.2, 0) is 11.2 Å². The van der Waals surface area contributed by atoms with Gasteiger partial charge in [-0.15, -0.1) is 0 Å². The van der Waals surface area contributed by atoms with E-state index in [9.17, 15) is 9.18 Å². The summed E-state index contributed by atoms with van der Waals surface area (Å²) in [6, 6.07) is 4.99. The second-order valence-corrected chi connectivity index (χ2v) is 3.83.